The molecule has 0 saturated carbocycles. The van der Waals surface area contributed by atoms with E-state index in [1.54, 1.807) is 0 Å². The second kappa shape index (κ2) is 11.9. The molecule has 0 spiro atoms. The average Bonchev–Trinajstić information content (AvgIpc) is 3.81. The van der Waals surface area contributed by atoms with Crippen LogP contribution in [0, 0.1) is 0 Å². The van der Waals surface area contributed by atoms with Gasteiger partial charge in [-0.2, -0.15) is 0 Å². The lowest BCUT2D eigenvalue weighted by atomic mass is 9.91. The Hall–Kier alpha value is -6.68. The second-order valence-corrected chi connectivity index (χ2v) is 14.7. The first-order valence-corrected chi connectivity index (χ1v) is 18.8. The van der Waals surface area contributed by atoms with E-state index in [0.717, 1.165) is 50.1 Å². The maximum atomic E-state index is 6.43. The van der Waals surface area contributed by atoms with Crippen molar-refractivity contribution in [3.63, 3.8) is 0 Å². The zero-order valence-electron chi connectivity index (χ0n) is 28.7. The summed E-state index contributed by atoms with van der Waals surface area (Å²) in [7, 11) is 0. The first-order valence-electron chi connectivity index (χ1n) is 18.0. The Balaban J connectivity index is 1.26. The molecule has 0 saturated heterocycles. The molecule has 11 rings (SSSR count). The highest BCUT2D eigenvalue weighted by Gasteiger charge is 2.23. The number of benzene rings is 9. The van der Waals surface area contributed by atoms with E-state index in [4.69, 9.17) is 4.42 Å². The van der Waals surface area contributed by atoms with Gasteiger partial charge in [0.25, 0.3) is 0 Å². The summed E-state index contributed by atoms with van der Waals surface area (Å²) in [5.74, 6) is 0. The highest BCUT2D eigenvalue weighted by molar-refractivity contribution is 7.26. The van der Waals surface area contributed by atoms with Crippen LogP contribution in [0.2, 0.25) is 0 Å². The zero-order valence-corrected chi connectivity index (χ0v) is 29.5. The largest absolute Gasteiger partial charge is 0.456 e. The zero-order chi connectivity index (χ0) is 34.9. The first-order chi connectivity index (χ1) is 26.3. The Morgan fingerprint density at radius 2 is 1.08 bits per heavy atom. The smallest absolute Gasteiger partial charge is 0.136 e. The fraction of sp³-hybridized carbons (Fsp3) is 0. The molecule has 2 aromatic heterocycles. The topological polar surface area (TPSA) is 16.4 Å². The van der Waals surface area contributed by atoms with Gasteiger partial charge in [0.1, 0.15) is 11.2 Å². The van der Waals surface area contributed by atoms with Gasteiger partial charge in [-0.25, -0.2) is 0 Å². The van der Waals surface area contributed by atoms with Crippen LogP contribution in [-0.2, 0) is 0 Å². The van der Waals surface area contributed by atoms with Gasteiger partial charge in [0, 0.05) is 37.3 Å². The van der Waals surface area contributed by atoms with Gasteiger partial charge in [0.2, 0.25) is 0 Å². The number of para-hydroxylation sites is 1. The minimum absolute atomic E-state index is 0.889. The Morgan fingerprint density at radius 1 is 0.396 bits per heavy atom. The van der Waals surface area contributed by atoms with E-state index in [0.29, 0.717) is 0 Å². The summed E-state index contributed by atoms with van der Waals surface area (Å²) >= 11 is 1.87. The van der Waals surface area contributed by atoms with E-state index in [1.165, 1.54) is 52.8 Å². The molecule has 0 aliphatic heterocycles. The van der Waals surface area contributed by atoms with E-state index in [1.807, 2.05) is 17.4 Å². The minimum Gasteiger partial charge on any atom is -0.456 e. The van der Waals surface area contributed by atoms with E-state index in [-0.39, 0.29) is 0 Å². The lowest BCUT2D eigenvalue weighted by Gasteiger charge is -2.29. The van der Waals surface area contributed by atoms with Gasteiger partial charge in [0.15, 0.2) is 0 Å². The van der Waals surface area contributed by atoms with E-state index in [2.05, 4.69) is 187 Å². The van der Waals surface area contributed by atoms with Crippen LogP contribution in [0.15, 0.2) is 192 Å². The van der Waals surface area contributed by atoms with Crippen molar-refractivity contribution in [1.82, 2.24) is 0 Å². The minimum atomic E-state index is 0.889. The number of furan rings is 1. The van der Waals surface area contributed by atoms with Crippen molar-refractivity contribution in [1.29, 1.82) is 0 Å². The quantitative estimate of drug-likeness (QED) is 0.167. The Bertz CT molecular complexity index is 3190. The Morgan fingerprint density at radius 3 is 1.96 bits per heavy atom. The number of hydrogen-bond donors (Lipinski definition) is 0. The van der Waals surface area contributed by atoms with Gasteiger partial charge in [-0.15, -0.1) is 11.3 Å². The highest BCUT2D eigenvalue weighted by atomic mass is 32.1. The summed E-state index contributed by atoms with van der Waals surface area (Å²) in [6.45, 7) is 0. The van der Waals surface area contributed by atoms with Crippen molar-refractivity contribution in [2.24, 2.45) is 0 Å². The van der Waals surface area contributed by atoms with E-state index >= 15 is 0 Å². The molecular formula is C50H31NOS. The standard InChI is InChI=1S/C50H31NOS/c1-2-14-32(15-3-1)36-29-28-34(31-43(36)40-22-13-26-47-49(40)42-21-8-10-25-46(42)52-47)51(44-24-12-23-41-39-20-9-11-27-48(39)53-50(41)44)45-30-33-16-4-5-17-35(33)37-18-6-7-19-38(37)45/h1-31H. The Labute approximate surface area is 310 Å². The highest BCUT2D eigenvalue weighted by Crippen LogP contribution is 2.49. The second-order valence-electron chi connectivity index (χ2n) is 13.6. The predicted octanol–water partition coefficient (Wildman–Crippen LogP) is 15.1. The third kappa shape index (κ3) is 4.71. The summed E-state index contributed by atoms with van der Waals surface area (Å²) < 4.78 is 8.99. The van der Waals surface area contributed by atoms with Crippen molar-refractivity contribution < 1.29 is 4.42 Å². The maximum absolute atomic E-state index is 6.43. The number of anilines is 3. The number of fused-ring (bicyclic) bond motifs is 9. The van der Waals surface area contributed by atoms with Gasteiger partial charge in [-0.3, -0.25) is 0 Å². The van der Waals surface area contributed by atoms with Crippen molar-refractivity contribution in [2.45, 2.75) is 0 Å². The monoisotopic (exact) mass is 693 g/mol. The molecule has 0 amide bonds. The molecule has 53 heavy (non-hydrogen) atoms. The van der Waals surface area contributed by atoms with Gasteiger partial charge in [-0.1, -0.05) is 146 Å². The molecule has 0 aliphatic carbocycles. The lowest BCUT2D eigenvalue weighted by molar-refractivity contribution is 0.669. The van der Waals surface area contributed by atoms with Crippen molar-refractivity contribution in [2.75, 3.05) is 4.90 Å². The first kappa shape index (κ1) is 30.0. The van der Waals surface area contributed by atoms with Gasteiger partial charge in [-0.05, 0) is 80.9 Å². The van der Waals surface area contributed by atoms with Gasteiger partial charge >= 0.3 is 0 Å². The molecule has 0 aliphatic rings. The van der Waals surface area contributed by atoms with Crippen molar-refractivity contribution >= 4 is 92.1 Å². The fourth-order valence-electron chi connectivity index (χ4n) is 8.30. The molecule has 2 heterocycles. The SMILES string of the molecule is c1ccc(-c2ccc(N(c3cc4ccccc4c4ccccc34)c3cccc4c3sc3ccccc34)cc2-c2cccc3oc4ccccc4c23)cc1. The molecule has 0 N–H and O–H groups in total. The summed E-state index contributed by atoms with van der Waals surface area (Å²) in [5.41, 5.74) is 9.84. The number of rotatable bonds is 5. The molecule has 0 radical (unpaired) electrons. The fourth-order valence-corrected chi connectivity index (χ4v) is 9.50. The number of hydrogen-bond acceptors (Lipinski definition) is 3. The molecule has 11 aromatic rings. The summed E-state index contributed by atoms with van der Waals surface area (Å²) in [6.07, 6.45) is 0. The van der Waals surface area contributed by atoms with Crippen LogP contribution in [0.1, 0.15) is 0 Å². The molecule has 0 atom stereocenters. The number of thiophene rings is 1. The number of nitrogens with zero attached hydrogens (tertiary/aromatic N) is 1. The van der Waals surface area contributed by atoms with Gasteiger partial charge < -0.3 is 9.32 Å². The molecule has 0 unspecified atom stereocenters. The van der Waals surface area contributed by atoms with Crippen LogP contribution in [0.3, 0.4) is 0 Å². The van der Waals surface area contributed by atoms with Crippen LogP contribution in [0.25, 0.3) is 85.9 Å². The third-order valence-electron chi connectivity index (χ3n) is 10.7. The summed E-state index contributed by atoms with van der Waals surface area (Å²) in [6, 6.07) is 68.1. The third-order valence-corrected chi connectivity index (χ3v) is 11.9. The van der Waals surface area contributed by atoms with E-state index in [9.17, 15) is 0 Å². The van der Waals surface area contributed by atoms with Crippen LogP contribution >= 0.6 is 11.3 Å². The maximum Gasteiger partial charge on any atom is 0.136 e. The normalized spacial score (nSPS) is 11.8. The van der Waals surface area contributed by atoms with Crippen LogP contribution in [-0.4, -0.2) is 0 Å². The molecule has 3 heteroatoms. The molecule has 2 nitrogen and oxygen atoms in total. The van der Waals surface area contributed by atoms with Crippen molar-refractivity contribution in [3.05, 3.63) is 188 Å². The van der Waals surface area contributed by atoms with Gasteiger partial charge in [0.05, 0.1) is 16.1 Å². The molecule has 9 aromatic carbocycles. The summed E-state index contributed by atoms with van der Waals surface area (Å²) in [5, 5.41) is 9.73. The van der Waals surface area contributed by atoms with Crippen LogP contribution in [0.4, 0.5) is 17.1 Å². The molecule has 0 fully saturated rings. The van der Waals surface area contributed by atoms with Crippen molar-refractivity contribution in [3.8, 4) is 22.3 Å². The summed E-state index contributed by atoms with van der Waals surface area (Å²) in [4.78, 5) is 2.50. The molecule has 0 bridgehead atoms. The van der Waals surface area contributed by atoms with Crippen LogP contribution in [0.5, 0.6) is 0 Å². The van der Waals surface area contributed by atoms with Crippen LogP contribution < -0.4 is 4.90 Å². The molecule has 248 valence electrons. The molecular weight excluding hydrogens is 663 g/mol. The van der Waals surface area contributed by atoms with E-state index < -0.39 is 0 Å². The average molecular weight is 694 g/mol. The predicted molar refractivity (Wildman–Crippen MR) is 227 cm³/mol. The lowest BCUT2D eigenvalue weighted by Crippen LogP contribution is -2.11. The Kier molecular flexibility index (Phi) is 6.76.